The molecule has 2 nitrogen and oxygen atoms in total. The van der Waals surface area contributed by atoms with Gasteiger partial charge in [0.05, 0.1) is 6.61 Å². The first-order chi connectivity index (χ1) is 8.26. The van der Waals surface area contributed by atoms with Crippen LogP contribution in [0.4, 0.5) is 0 Å². The summed E-state index contributed by atoms with van der Waals surface area (Å²) in [7, 11) is 0. The van der Waals surface area contributed by atoms with Crippen LogP contribution in [0.2, 0.25) is 0 Å². The monoisotopic (exact) mass is 233 g/mol. The molecule has 0 amide bonds. The zero-order valence-corrected chi connectivity index (χ0v) is 11.1. The van der Waals surface area contributed by atoms with E-state index in [2.05, 4.69) is 44.3 Å². The van der Waals surface area contributed by atoms with Crippen LogP contribution in [0.3, 0.4) is 0 Å². The van der Waals surface area contributed by atoms with E-state index in [-0.39, 0.29) is 0 Å². The molecule has 0 aromatic heterocycles. The quantitative estimate of drug-likeness (QED) is 0.859. The fraction of sp³-hybridized carbons (Fsp3) is 0.600. The Bertz CT molecular complexity index is 360. The maximum Gasteiger partial charge on any atom is 0.124 e. The van der Waals surface area contributed by atoms with Crippen LogP contribution < -0.4 is 10.1 Å². The lowest BCUT2D eigenvalue weighted by molar-refractivity contribution is 0.178. The summed E-state index contributed by atoms with van der Waals surface area (Å²) in [4.78, 5) is 0. The van der Waals surface area contributed by atoms with E-state index in [4.69, 9.17) is 4.74 Å². The number of benzene rings is 1. The van der Waals surface area contributed by atoms with Crippen molar-refractivity contribution in [1.82, 2.24) is 5.32 Å². The van der Waals surface area contributed by atoms with Gasteiger partial charge in [0.25, 0.3) is 0 Å². The third kappa shape index (κ3) is 2.63. The second-order valence-corrected chi connectivity index (χ2v) is 4.98. The van der Waals surface area contributed by atoms with Crippen LogP contribution in [0.25, 0.3) is 0 Å². The van der Waals surface area contributed by atoms with Gasteiger partial charge in [0, 0.05) is 23.6 Å². The summed E-state index contributed by atoms with van der Waals surface area (Å²) in [6.07, 6.45) is 2.37. The number of para-hydroxylation sites is 1. The lowest BCUT2D eigenvalue weighted by atomic mass is 9.91. The molecule has 0 bridgehead atoms. The molecular formula is C15H23NO. The van der Waals surface area contributed by atoms with Crippen molar-refractivity contribution in [2.45, 2.75) is 45.7 Å². The number of hydrogen-bond acceptors (Lipinski definition) is 2. The molecule has 2 rings (SSSR count). The smallest absolute Gasteiger partial charge is 0.124 e. The Labute approximate surface area is 104 Å². The van der Waals surface area contributed by atoms with E-state index < -0.39 is 0 Å². The second kappa shape index (κ2) is 5.54. The average molecular weight is 233 g/mol. The van der Waals surface area contributed by atoms with Gasteiger partial charge in [0.1, 0.15) is 5.75 Å². The van der Waals surface area contributed by atoms with E-state index >= 15 is 0 Å². The Morgan fingerprint density at radius 3 is 2.71 bits per heavy atom. The predicted molar refractivity (Wildman–Crippen MR) is 71.3 cm³/mol. The fourth-order valence-corrected chi connectivity index (χ4v) is 2.53. The third-order valence-electron chi connectivity index (χ3n) is 3.73. The van der Waals surface area contributed by atoms with Gasteiger partial charge in [-0.25, -0.2) is 0 Å². The van der Waals surface area contributed by atoms with Crippen molar-refractivity contribution < 1.29 is 4.74 Å². The normalized spacial score (nSPS) is 23.3. The van der Waals surface area contributed by atoms with E-state index in [1.165, 1.54) is 18.4 Å². The van der Waals surface area contributed by atoms with Crippen molar-refractivity contribution in [3.63, 3.8) is 0 Å². The molecule has 1 N–H and O–H groups in total. The zero-order chi connectivity index (χ0) is 12.3. The summed E-state index contributed by atoms with van der Waals surface area (Å²) in [5.41, 5.74) is 1.32. The van der Waals surface area contributed by atoms with E-state index in [0.717, 1.165) is 12.4 Å². The molecule has 0 aliphatic carbocycles. The van der Waals surface area contributed by atoms with Crippen LogP contribution in [0.15, 0.2) is 24.3 Å². The fourth-order valence-electron chi connectivity index (χ4n) is 2.53. The van der Waals surface area contributed by atoms with Gasteiger partial charge in [0.2, 0.25) is 0 Å². The lowest BCUT2D eigenvalue weighted by Gasteiger charge is -2.34. The van der Waals surface area contributed by atoms with E-state index in [9.17, 15) is 0 Å². The summed E-state index contributed by atoms with van der Waals surface area (Å²) < 4.78 is 5.77. The molecule has 1 aromatic carbocycles. The van der Waals surface area contributed by atoms with Crippen LogP contribution in [-0.2, 0) is 0 Å². The molecule has 0 saturated heterocycles. The highest BCUT2D eigenvalue weighted by molar-refractivity contribution is 5.38. The SMILES string of the molecule is CCC(CC)NC1c2ccccc2OCC1C. The lowest BCUT2D eigenvalue weighted by Crippen LogP contribution is -2.39. The summed E-state index contributed by atoms with van der Waals surface area (Å²) in [6.45, 7) is 7.57. The van der Waals surface area contributed by atoms with Crippen LogP contribution in [0, 0.1) is 5.92 Å². The topological polar surface area (TPSA) is 21.3 Å². The van der Waals surface area contributed by atoms with Gasteiger partial charge in [-0.15, -0.1) is 0 Å². The van der Waals surface area contributed by atoms with Gasteiger partial charge < -0.3 is 10.1 Å². The number of rotatable bonds is 4. The maximum atomic E-state index is 5.77. The van der Waals surface area contributed by atoms with Crippen LogP contribution in [0.1, 0.15) is 45.2 Å². The number of ether oxygens (including phenoxy) is 1. The molecule has 1 heterocycles. The highest BCUT2D eigenvalue weighted by Gasteiger charge is 2.28. The molecule has 0 saturated carbocycles. The molecule has 2 atom stereocenters. The van der Waals surface area contributed by atoms with Gasteiger partial charge in [-0.05, 0) is 18.9 Å². The average Bonchev–Trinajstić information content (AvgIpc) is 2.38. The van der Waals surface area contributed by atoms with Gasteiger partial charge >= 0.3 is 0 Å². The molecule has 1 aromatic rings. The Morgan fingerprint density at radius 1 is 1.29 bits per heavy atom. The van der Waals surface area contributed by atoms with Crippen molar-refractivity contribution in [2.24, 2.45) is 5.92 Å². The highest BCUT2D eigenvalue weighted by atomic mass is 16.5. The highest BCUT2D eigenvalue weighted by Crippen LogP contribution is 2.35. The van der Waals surface area contributed by atoms with Gasteiger partial charge in [-0.3, -0.25) is 0 Å². The first-order valence-electron chi connectivity index (χ1n) is 6.74. The second-order valence-electron chi connectivity index (χ2n) is 4.98. The summed E-state index contributed by atoms with van der Waals surface area (Å²) >= 11 is 0. The summed E-state index contributed by atoms with van der Waals surface area (Å²) in [5.74, 6) is 1.58. The molecule has 1 aliphatic rings. The van der Waals surface area contributed by atoms with Crippen molar-refractivity contribution >= 4 is 0 Å². The summed E-state index contributed by atoms with van der Waals surface area (Å²) in [6, 6.07) is 9.44. The number of nitrogens with one attached hydrogen (secondary N) is 1. The van der Waals surface area contributed by atoms with Gasteiger partial charge in [0.15, 0.2) is 0 Å². The molecule has 94 valence electrons. The number of fused-ring (bicyclic) bond motifs is 1. The van der Waals surface area contributed by atoms with Crippen molar-refractivity contribution in [1.29, 1.82) is 0 Å². The minimum absolute atomic E-state index is 0.435. The minimum Gasteiger partial charge on any atom is -0.493 e. The van der Waals surface area contributed by atoms with Crippen LogP contribution >= 0.6 is 0 Å². The Kier molecular flexibility index (Phi) is 4.06. The molecule has 2 unspecified atom stereocenters. The molecule has 2 heteroatoms. The Morgan fingerprint density at radius 2 is 2.00 bits per heavy atom. The van der Waals surface area contributed by atoms with Gasteiger partial charge in [-0.1, -0.05) is 39.0 Å². The first-order valence-corrected chi connectivity index (χ1v) is 6.74. The largest absolute Gasteiger partial charge is 0.493 e. The van der Waals surface area contributed by atoms with Crippen molar-refractivity contribution in [3.05, 3.63) is 29.8 Å². The molecule has 0 spiro atoms. The Hall–Kier alpha value is -1.02. The molecule has 0 fully saturated rings. The number of hydrogen-bond donors (Lipinski definition) is 1. The standard InChI is InChI=1S/C15H23NO/c1-4-12(5-2)16-15-11(3)10-17-14-9-7-6-8-13(14)15/h6-9,11-12,15-16H,4-5,10H2,1-3H3. The van der Waals surface area contributed by atoms with E-state index in [1.807, 2.05) is 6.07 Å². The summed E-state index contributed by atoms with van der Waals surface area (Å²) in [5, 5.41) is 3.78. The molecular weight excluding hydrogens is 210 g/mol. The third-order valence-corrected chi connectivity index (χ3v) is 3.73. The van der Waals surface area contributed by atoms with Crippen molar-refractivity contribution in [2.75, 3.05) is 6.61 Å². The van der Waals surface area contributed by atoms with Gasteiger partial charge in [-0.2, -0.15) is 0 Å². The Balaban J connectivity index is 2.20. The van der Waals surface area contributed by atoms with Crippen LogP contribution in [0.5, 0.6) is 5.75 Å². The molecule has 17 heavy (non-hydrogen) atoms. The predicted octanol–water partition coefficient (Wildman–Crippen LogP) is 3.53. The first kappa shape index (κ1) is 12.4. The van der Waals surface area contributed by atoms with Crippen molar-refractivity contribution in [3.8, 4) is 5.75 Å². The maximum absolute atomic E-state index is 5.77. The minimum atomic E-state index is 0.435. The zero-order valence-electron chi connectivity index (χ0n) is 11.1. The van der Waals surface area contributed by atoms with E-state index in [0.29, 0.717) is 18.0 Å². The molecule has 1 aliphatic heterocycles. The molecule has 0 radical (unpaired) electrons. The van der Waals surface area contributed by atoms with Crippen LogP contribution in [-0.4, -0.2) is 12.6 Å². The van der Waals surface area contributed by atoms with E-state index in [1.54, 1.807) is 0 Å².